The van der Waals surface area contributed by atoms with Crippen molar-refractivity contribution in [1.29, 1.82) is 0 Å². The Labute approximate surface area is 120 Å². The van der Waals surface area contributed by atoms with Gasteiger partial charge in [0.1, 0.15) is 0 Å². The molecule has 0 atom stereocenters. The molecule has 0 aliphatic rings. The predicted octanol–water partition coefficient (Wildman–Crippen LogP) is 3.64. The van der Waals surface area contributed by atoms with Crippen LogP contribution in [-0.4, -0.2) is 21.7 Å². The van der Waals surface area contributed by atoms with Crippen molar-refractivity contribution in [3.05, 3.63) is 60.7 Å². The van der Waals surface area contributed by atoms with Gasteiger partial charge in [-0.25, -0.2) is 9.37 Å². The minimum Gasteiger partial charge on any atom is -0.490 e. The summed E-state index contributed by atoms with van der Waals surface area (Å²) in [6.07, 6.45) is 3.81. The largest absolute Gasteiger partial charge is 0.490 e. The number of rotatable bonds is 5. The first-order valence-electron chi connectivity index (χ1n) is 6.27. The summed E-state index contributed by atoms with van der Waals surface area (Å²) in [4.78, 5) is 4.35. The molecule has 3 aromatic rings. The molecule has 0 saturated carbocycles. The van der Waals surface area contributed by atoms with Crippen molar-refractivity contribution in [2.24, 2.45) is 0 Å². The van der Waals surface area contributed by atoms with Gasteiger partial charge in [-0.1, -0.05) is 30.0 Å². The van der Waals surface area contributed by atoms with Crippen LogP contribution in [-0.2, 0) is 0 Å². The van der Waals surface area contributed by atoms with Crippen LogP contribution in [0.4, 0.5) is 4.39 Å². The van der Waals surface area contributed by atoms with Crippen molar-refractivity contribution in [1.82, 2.24) is 9.38 Å². The zero-order valence-electron chi connectivity index (χ0n) is 10.7. The molecule has 1 aromatic carbocycles. The number of hydrogen-bond acceptors (Lipinski definition) is 3. The van der Waals surface area contributed by atoms with Crippen LogP contribution in [0.15, 0.2) is 60.0 Å². The predicted molar refractivity (Wildman–Crippen MR) is 77.8 cm³/mol. The van der Waals surface area contributed by atoms with Gasteiger partial charge in [0, 0.05) is 11.9 Å². The molecule has 0 aliphatic heterocycles. The SMILES string of the molecule is Fc1ccccc1OCCSc1ncc2ccccn12. The van der Waals surface area contributed by atoms with E-state index in [2.05, 4.69) is 4.98 Å². The Bertz CT molecular complexity index is 714. The molecule has 3 nitrogen and oxygen atoms in total. The summed E-state index contributed by atoms with van der Waals surface area (Å²) < 4.78 is 20.8. The average molecular weight is 288 g/mol. The molecule has 0 radical (unpaired) electrons. The second kappa shape index (κ2) is 5.96. The summed E-state index contributed by atoms with van der Waals surface area (Å²) in [5.74, 6) is 0.673. The van der Waals surface area contributed by atoms with Crippen molar-refractivity contribution < 1.29 is 9.13 Å². The first-order chi connectivity index (χ1) is 9.84. The lowest BCUT2D eigenvalue weighted by molar-refractivity contribution is 0.325. The topological polar surface area (TPSA) is 26.5 Å². The molecule has 2 aromatic heterocycles. The lowest BCUT2D eigenvalue weighted by Crippen LogP contribution is -2.02. The molecule has 0 unspecified atom stereocenters. The third-order valence-electron chi connectivity index (χ3n) is 2.81. The highest BCUT2D eigenvalue weighted by molar-refractivity contribution is 7.99. The molecule has 0 fully saturated rings. The quantitative estimate of drug-likeness (QED) is 0.529. The van der Waals surface area contributed by atoms with Gasteiger partial charge in [-0.3, -0.25) is 4.40 Å². The van der Waals surface area contributed by atoms with E-state index in [9.17, 15) is 4.39 Å². The number of thioether (sulfide) groups is 1. The summed E-state index contributed by atoms with van der Waals surface area (Å²) in [5.41, 5.74) is 1.06. The number of aromatic nitrogens is 2. The van der Waals surface area contributed by atoms with E-state index < -0.39 is 0 Å². The number of halogens is 1. The Kier molecular flexibility index (Phi) is 3.87. The number of hydrogen-bond donors (Lipinski definition) is 0. The van der Waals surface area contributed by atoms with E-state index in [0.29, 0.717) is 18.1 Å². The molecule has 3 rings (SSSR count). The van der Waals surface area contributed by atoms with Gasteiger partial charge in [0.2, 0.25) is 0 Å². The Morgan fingerprint density at radius 1 is 1.15 bits per heavy atom. The Morgan fingerprint density at radius 2 is 2.00 bits per heavy atom. The van der Waals surface area contributed by atoms with Crippen LogP contribution < -0.4 is 4.74 Å². The van der Waals surface area contributed by atoms with Gasteiger partial charge in [-0.05, 0) is 24.3 Å². The van der Waals surface area contributed by atoms with E-state index in [-0.39, 0.29) is 5.82 Å². The zero-order chi connectivity index (χ0) is 13.8. The number of pyridine rings is 1. The summed E-state index contributed by atoms with van der Waals surface area (Å²) >= 11 is 1.59. The van der Waals surface area contributed by atoms with Gasteiger partial charge in [0.25, 0.3) is 0 Å². The maximum absolute atomic E-state index is 13.4. The summed E-state index contributed by atoms with van der Waals surface area (Å²) in [6.45, 7) is 0.438. The van der Waals surface area contributed by atoms with Gasteiger partial charge < -0.3 is 4.74 Å². The van der Waals surface area contributed by atoms with Crippen molar-refractivity contribution in [3.63, 3.8) is 0 Å². The van der Waals surface area contributed by atoms with Gasteiger partial charge in [-0.2, -0.15) is 0 Å². The number of para-hydroxylation sites is 1. The number of ether oxygens (including phenoxy) is 1. The number of benzene rings is 1. The van der Waals surface area contributed by atoms with Gasteiger partial charge in [-0.15, -0.1) is 0 Å². The van der Waals surface area contributed by atoms with E-state index in [1.54, 1.807) is 30.0 Å². The van der Waals surface area contributed by atoms with Gasteiger partial charge in [0.15, 0.2) is 16.7 Å². The van der Waals surface area contributed by atoms with Crippen LogP contribution in [0.25, 0.3) is 5.52 Å². The smallest absolute Gasteiger partial charge is 0.172 e. The Balaban J connectivity index is 1.57. The van der Waals surface area contributed by atoms with Crippen molar-refractivity contribution in [3.8, 4) is 5.75 Å². The number of nitrogens with zero attached hydrogens (tertiary/aromatic N) is 2. The minimum atomic E-state index is -0.330. The van der Waals surface area contributed by atoms with Crippen LogP contribution in [0, 0.1) is 5.82 Å². The van der Waals surface area contributed by atoms with Crippen LogP contribution in [0.5, 0.6) is 5.75 Å². The standard InChI is InChI=1S/C15H13FN2OS/c16-13-6-1-2-7-14(13)19-9-10-20-15-17-11-12-5-3-4-8-18(12)15/h1-8,11H,9-10H2. The van der Waals surface area contributed by atoms with Crippen LogP contribution in [0.3, 0.4) is 0 Å². The van der Waals surface area contributed by atoms with Crippen molar-refractivity contribution in [2.45, 2.75) is 5.16 Å². The third kappa shape index (κ3) is 2.77. The second-order valence-electron chi connectivity index (χ2n) is 4.16. The fraction of sp³-hybridized carbons (Fsp3) is 0.133. The average Bonchev–Trinajstić information content (AvgIpc) is 2.89. The maximum Gasteiger partial charge on any atom is 0.172 e. The second-order valence-corrected chi connectivity index (χ2v) is 5.23. The molecule has 0 N–H and O–H groups in total. The minimum absolute atomic E-state index is 0.293. The summed E-state index contributed by atoms with van der Waals surface area (Å²) in [5, 5.41) is 0.915. The summed E-state index contributed by atoms with van der Waals surface area (Å²) in [6, 6.07) is 12.4. The van der Waals surface area contributed by atoms with E-state index in [4.69, 9.17) is 4.74 Å². The van der Waals surface area contributed by atoms with E-state index >= 15 is 0 Å². The first kappa shape index (κ1) is 13.0. The Morgan fingerprint density at radius 3 is 2.90 bits per heavy atom. The first-order valence-corrected chi connectivity index (χ1v) is 7.25. The van der Waals surface area contributed by atoms with E-state index in [1.807, 2.05) is 35.0 Å². The van der Waals surface area contributed by atoms with Gasteiger partial charge in [0.05, 0.1) is 18.3 Å². The van der Waals surface area contributed by atoms with Crippen molar-refractivity contribution >= 4 is 17.3 Å². The molecule has 0 aliphatic carbocycles. The number of imidazole rings is 1. The van der Waals surface area contributed by atoms with Crippen molar-refractivity contribution in [2.75, 3.05) is 12.4 Å². The molecular formula is C15H13FN2OS. The lowest BCUT2D eigenvalue weighted by Gasteiger charge is -2.06. The maximum atomic E-state index is 13.4. The molecule has 0 bridgehead atoms. The molecule has 0 amide bonds. The fourth-order valence-corrected chi connectivity index (χ4v) is 2.65. The molecule has 102 valence electrons. The molecular weight excluding hydrogens is 275 g/mol. The number of fused-ring (bicyclic) bond motifs is 1. The highest BCUT2D eigenvalue weighted by Gasteiger charge is 2.04. The monoisotopic (exact) mass is 288 g/mol. The van der Waals surface area contributed by atoms with Crippen LogP contribution in [0.1, 0.15) is 0 Å². The molecule has 0 saturated heterocycles. The molecule has 2 heterocycles. The normalized spacial score (nSPS) is 10.8. The Hall–Kier alpha value is -2.01. The molecule has 20 heavy (non-hydrogen) atoms. The highest BCUT2D eigenvalue weighted by Crippen LogP contribution is 2.19. The fourth-order valence-electron chi connectivity index (χ4n) is 1.87. The van der Waals surface area contributed by atoms with Gasteiger partial charge >= 0.3 is 0 Å². The molecule has 0 spiro atoms. The summed E-state index contributed by atoms with van der Waals surface area (Å²) in [7, 11) is 0. The van der Waals surface area contributed by atoms with Crippen LogP contribution >= 0.6 is 11.8 Å². The third-order valence-corrected chi connectivity index (χ3v) is 3.74. The highest BCUT2D eigenvalue weighted by atomic mass is 32.2. The molecule has 5 heteroatoms. The van der Waals surface area contributed by atoms with E-state index in [1.165, 1.54) is 6.07 Å². The van der Waals surface area contributed by atoms with E-state index in [0.717, 1.165) is 10.7 Å². The van der Waals surface area contributed by atoms with Crippen LogP contribution in [0.2, 0.25) is 0 Å². The lowest BCUT2D eigenvalue weighted by atomic mass is 10.3. The zero-order valence-corrected chi connectivity index (χ0v) is 11.5.